The molecule has 0 aliphatic heterocycles. The van der Waals surface area contributed by atoms with Gasteiger partial charge in [-0.2, -0.15) is 5.26 Å². The number of rotatable bonds is 6. The third-order valence-corrected chi connectivity index (χ3v) is 5.46. The minimum atomic E-state index is -0.978. The van der Waals surface area contributed by atoms with Gasteiger partial charge in [0.2, 0.25) is 0 Å². The minimum absolute atomic E-state index is 0.436. The molecule has 148 valence electrons. The molecule has 3 aromatic rings. The molecule has 0 radical (unpaired) electrons. The number of aromatic nitrogens is 1. The predicted molar refractivity (Wildman–Crippen MR) is 112 cm³/mol. The van der Waals surface area contributed by atoms with Gasteiger partial charge in [0.15, 0.2) is 6.10 Å². The summed E-state index contributed by atoms with van der Waals surface area (Å²) in [4.78, 5) is 26.2. The lowest BCUT2D eigenvalue weighted by atomic mass is 10.2. The van der Waals surface area contributed by atoms with Crippen molar-refractivity contribution in [2.45, 2.75) is 33.4 Å². The van der Waals surface area contributed by atoms with Crippen LogP contribution in [0.2, 0.25) is 0 Å². The van der Waals surface area contributed by atoms with Crippen molar-refractivity contribution in [3.8, 4) is 6.07 Å². The molecule has 2 aromatic heterocycles. The van der Waals surface area contributed by atoms with Gasteiger partial charge in [-0.1, -0.05) is 12.1 Å². The lowest BCUT2D eigenvalue weighted by Gasteiger charge is -2.14. The first-order valence-electron chi connectivity index (χ1n) is 9.10. The van der Waals surface area contributed by atoms with E-state index in [0.717, 1.165) is 11.4 Å². The van der Waals surface area contributed by atoms with E-state index in [1.54, 1.807) is 41.7 Å². The number of anilines is 1. The molecule has 0 spiro atoms. The summed E-state index contributed by atoms with van der Waals surface area (Å²) in [5.41, 5.74) is 3.12. The van der Waals surface area contributed by atoms with Crippen LogP contribution in [0.3, 0.4) is 0 Å². The zero-order valence-corrected chi connectivity index (χ0v) is 17.2. The van der Waals surface area contributed by atoms with Crippen LogP contribution in [0.15, 0.2) is 47.8 Å². The van der Waals surface area contributed by atoms with E-state index in [0.29, 0.717) is 23.4 Å². The number of amides is 1. The summed E-state index contributed by atoms with van der Waals surface area (Å²) in [6, 6.07) is 14.4. The van der Waals surface area contributed by atoms with Crippen LogP contribution in [0.25, 0.3) is 0 Å². The Morgan fingerprint density at radius 2 is 2.03 bits per heavy atom. The van der Waals surface area contributed by atoms with Crippen LogP contribution in [0.1, 0.15) is 39.1 Å². The summed E-state index contributed by atoms with van der Waals surface area (Å²) in [5, 5.41) is 13.6. The maximum absolute atomic E-state index is 12.6. The van der Waals surface area contributed by atoms with Crippen molar-refractivity contribution in [3.05, 3.63) is 75.2 Å². The number of thiophene rings is 1. The van der Waals surface area contributed by atoms with E-state index in [1.165, 1.54) is 11.8 Å². The summed E-state index contributed by atoms with van der Waals surface area (Å²) in [6.45, 7) is 6.02. The van der Waals surface area contributed by atoms with Crippen LogP contribution in [0, 0.1) is 25.2 Å². The number of nitrogens with one attached hydrogen (secondary N) is 1. The summed E-state index contributed by atoms with van der Waals surface area (Å²) >= 11 is 1.66. The SMILES string of the molecule is Cc1cc(C(=O)O[C@H](C)C(=O)Nc2cccc(C#N)c2)c(C)n1Cc1cccs1. The van der Waals surface area contributed by atoms with Crippen molar-refractivity contribution in [1.29, 1.82) is 5.26 Å². The first kappa shape index (κ1) is 20.4. The highest BCUT2D eigenvalue weighted by molar-refractivity contribution is 7.09. The van der Waals surface area contributed by atoms with Gasteiger partial charge in [-0.05, 0) is 56.5 Å². The second kappa shape index (κ2) is 8.76. The smallest absolute Gasteiger partial charge is 0.340 e. The molecule has 0 bridgehead atoms. The number of carbonyl (C=O) groups excluding carboxylic acids is 2. The number of benzene rings is 1. The first-order valence-corrected chi connectivity index (χ1v) is 9.98. The molecule has 29 heavy (non-hydrogen) atoms. The Morgan fingerprint density at radius 3 is 2.72 bits per heavy atom. The fourth-order valence-corrected chi connectivity index (χ4v) is 3.69. The number of hydrogen-bond donors (Lipinski definition) is 1. The van der Waals surface area contributed by atoms with E-state index >= 15 is 0 Å². The maximum atomic E-state index is 12.6. The highest BCUT2D eigenvalue weighted by atomic mass is 32.1. The van der Waals surface area contributed by atoms with E-state index in [9.17, 15) is 9.59 Å². The summed E-state index contributed by atoms with van der Waals surface area (Å²) in [7, 11) is 0. The normalized spacial score (nSPS) is 11.5. The molecule has 7 heteroatoms. The molecule has 0 saturated carbocycles. The second-order valence-corrected chi connectivity index (χ2v) is 7.71. The first-order chi connectivity index (χ1) is 13.9. The van der Waals surface area contributed by atoms with E-state index in [4.69, 9.17) is 10.00 Å². The fourth-order valence-electron chi connectivity index (χ4n) is 3.00. The van der Waals surface area contributed by atoms with Crippen molar-refractivity contribution in [2.24, 2.45) is 0 Å². The largest absolute Gasteiger partial charge is 0.449 e. The molecule has 2 heterocycles. The Hall–Kier alpha value is -3.37. The summed E-state index contributed by atoms with van der Waals surface area (Å²) in [6.07, 6.45) is -0.978. The molecule has 6 nitrogen and oxygen atoms in total. The number of esters is 1. The van der Waals surface area contributed by atoms with Gasteiger partial charge in [0, 0.05) is 22.0 Å². The lowest BCUT2D eigenvalue weighted by molar-refractivity contribution is -0.123. The molecule has 3 rings (SSSR count). The zero-order valence-electron chi connectivity index (χ0n) is 16.4. The average molecular weight is 407 g/mol. The van der Waals surface area contributed by atoms with Crippen molar-refractivity contribution >= 4 is 28.9 Å². The van der Waals surface area contributed by atoms with E-state index in [2.05, 4.69) is 16.0 Å². The Labute approximate surface area is 173 Å². The van der Waals surface area contributed by atoms with Gasteiger partial charge in [0.1, 0.15) is 0 Å². The third kappa shape index (κ3) is 4.73. The number of nitriles is 1. The monoisotopic (exact) mass is 407 g/mol. The molecule has 1 atom stereocenters. The highest BCUT2D eigenvalue weighted by Crippen LogP contribution is 2.20. The zero-order chi connectivity index (χ0) is 21.0. The van der Waals surface area contributed by atoms with E-state index < -0.39 is 18.0 Å². The molecule has 1 N–H and O–H groups in total. The van der Waals surface area contributed by atoms with Crippen molar-refractivity contribution < 1.29 is 14.3 Å². The number of aryl methyl sites for hydroxylation is 1. The van der Waals surface area contributed by atoms with Gasteiger partial charge in [-0.15, -0.1) is 11.3 Å². The van der Waals surface area contributed by atoms with Gasteiger partial charge >= 0.3 is 5.97 Å². The van der Waals surface area contributed by atoms with Crippen molar-refractivity contribution in [2.75, 3.05) is 5.32 Å². The maximum Gasteiger partial charge on any atom is 0.340 e. The molecule has 1 aromatic carbocycles. The van der Waals surface area contributed by atoms with Crippen LogP contribution < -0.4 is 5.32 Å². The summed E-state index contributed by atoms with van der Waals surface area (Å²) < 4.78 is 7.44. The summed E-state index contributed by atoms with van der Waals surface area (Å²) in [5.74, 6) is -0.996. The average Bonchev–Trinajstić information content (AvgIpc) is 3.31. The Balaban J connectivity index is 1.67. The topological polar surface area (TPSA) is 84.1 Å². The number of nitrogens with zero attached hydrogens (tertiary/aromatic N) is 2. The predicted octanol–water partition coefficient (Wildman–Crippen LogP) is 4.27. The molecular weight excluding hydrogens is 386 g/mol. The van der Waals surface area contributed by atoms with Gasteiger partial charge in [-0.3, -0.25) is 4.79 Å². The lowest BCUT2D eigenvalue weighted by Crippen LogP contribution is -2.30. The van der Waals surface area contributed by atoms with Crippen molar-refractivity contribution in [1.82, 2.24) is 4.57 Å². The van der Waals surface area contributed by atoms with Crippen molar-refractivity contribution in [3.63, 3.8) is 0 Å². The molecule has 0 saturated heterocycles. The van der Waals surface area contributed by atoms with Crippen LogP contribution >= 0.6 is 11.3 Å². The van der Waals surface area contributed by atoms with Gasteiger partial charge in [0.25, 0.3) is 5.91 Å². The Bertz CT molecular complexity index is 1080. The van der Waals surface area contributed by atoms with Crippen LogP contribution in [0.4, 0.5) is 5.69 Å². The Morgan fingerprint density at radius 1 is 1.24 bits per heavy atom. The molecule has 0 unspecified atom stereocenters. The van der Waals surface area contributed by atoms with Gasteiger partial charge in [0.05, 0.1) is 23.7 Å². The molecule has 0 aliphatic carbocycles. The van der Waals surface area contributed by atoms with Crippen LogP contribution in [0.5, 0.6) is 0 Å². The molecular formula is C22H21N3O3S. The van der Waals surface area contributed by atoms with E-state index in [1.807, 2.05) is 31.4 Å². The molecule has 1 amide bonds. The second-order valence-electron chi connectivity index (χ2n) is 6.68. The minimum Gasteiger partial charge on any atom is -0.449 e. The number of ether oxygens (including phenoxy) is 1. The highest BCUT2D eigenvalue weighted by Gasteiger charge is 2.23. The Kier molecular flexibility index (Phi) is 6.15. The van der Waals surface area contributed by atoms with Crippen LogP contribution in [-0.2, 0) is 16.1 Å². The quantitative estimate of drug-likeness (QED) is 0.619. The van der Waals surface area contributed by atoms with Gasteiger partial charge < -0.3 is 14.6 Å². The van der Waals surface area contributed by atoms with E-state index in [-0.39, 0.29) is 0 Å². The number of carbonyl (C=O) groups is 2. The molecule has 0 aliphatic rings. The standard InChI is InChI=1S/C22H21N3O3S/c1-14-10-20(15(2)25(14)13-19-8-5-9-29-19)22(27)28-16(3)21(26)24-18-7-4-6-17(11-18)12-23/h4-11,16H,13H2,1-3H3,(H,24,26)/t16-/m1/s1. The third-order valence-electron chi connectivity index (χ3n) is 4.60. The fraction of sp³-hybridized carbons (Fsp3) is 0.227. The van der Waals surface area contributed by atoms with Gasteiger partial charge in [-0.25, -0.2) is 4.79 Å². The number of hydrogen-bond acceptors (Lipinski definition) is 5. The van der Waals surface area contributed by atoms with Crippen LogP contribution in [-0.4, -0.2) is 22.5 Å². The molecule has 0 fully saturated rings.